The highest BCUT2D eigenvalue weighted by Gasteiger charge is 2.21. The maximum atomic E-state index is 12.6. The first-order chi connectivity index (χ1) is 13.6. The first kappa shape index (κ1) is 20.0. The number of nitrogens with zero attached hydrogens (tertiary/aromatic N) is 4. The first-order valence-corrected chi connectivity index (χ1v) is 10.2. The number of anilines is 3. The summed E-state index contributed by atoms with van der Waals surface area (Å²) in [5.41, 5.74) is 3.42. The molecule has 1 aliphatic rings. The molecule has 0 unspecified atom stereocenters. The van der Waals surface area contributed by atoms with Crippen LogP contribution in [0.1, 0.15) is 19.4 Å². The minimum Gasteiger partial charge on any atom is -0.376 e. The van der Waals surface area contributed by atoms with Gasteiger partial charge in [-0.2, -0.15) is 0 Å². The molecule has 1 amide bonds. The number of pyridine rings is 1. The molecule has 28 heavy (non-hydrogen) atoms. The van der Waals surface area contributed by atoms with Crippen LogP contribution in [0, 0.1) is 6.92 Å². The van der Waals surface area contributed by atoms with Crippen molar-refractivity contribution in [3.63, 3.8) is 0 Å². The topological polar surface area (TPSA) is 51.7 Å². The van der Waals surface area contributed by atoms with Crippen LogP contribution in [0.5, 0.6) is 0 Å². The molecule has 3 rings (SSSR count). The van der Waals surface area contributed by atoms with Gasteiger partial charge in [-0.05, 0) is 56.7 Å². The summed E-state index contributed by atoms with van der Waals surface area (Å²) in [6, 6.07) is 12.3. The lowest BCUT2D eigenvalue weighted by atomic mass is 10.1. The molecule has 150 valence electrons. The van der Waals surface area contributed by atoms with Gasteiger partial charge in [0.15, 0.2) is 0 Å². The average molecular weight is 382 g/mol. The number of amides is 1. The number of nitrogens with one attached hydrogen (secondary N) is 1. The molecule has 1 aliphatic heterocycles. The van der Waals surface area contributed by atoms with Gasteiger partial charge in [-0.3, -0.25) is 4.79 Å². The Bertz CT molecular complexity index is 768. The van der Waals surface area contributed by atoms with Gasteiger partial charge < -0.3 is 20.0 Å². The van der Waals surface area contributed by atoms with E-state index in [9.17, 15) is 4.79 Å². The zero-order chi connectivity index (χ0) is 19.9. The van der Waals surface area contributed by atoms with Crippen molar-refractivity contribution in [3.05, 3.63) is 48.2 Å². The predicted molar refractivity (Wildman–Crippen MR) is 116 cm³/mol. The molecule has 2 heterocycles. The summed E-state index contributed by atoms with van der Waals surface area (Å²) in [5.74, 6) is 1.13. The van der Waals surface area contributed by atoms with Crippen LogP contribution in [0.2, 0.25) is 0 Å². The van der Waals surface area contributed by atoms with Crippen molar-refractivity contribution in [1.82, 2.24) is 9.88 Å². The van der Waals surface area contributed by atoms with E-state index in [1.807, 2.05) is 29.3 Å². The van der Waals surface area contributed by atoms with Gasteiger partial charge in [0.2, 0.25) is 5.91 Å². The molecule has 1 aromatic heterocycles. The van der Waals surface area contributed by atoms with E-state index >= 15 is 0 Å². The Kier molecular flexibility index (Phi) is 6.74. The van der Waals surface area contributed by atoms with Crippen LogP contribution in [0.15, 0.2) is 42.6 Å². The van der Waals surface area contributed by atoms with Gasteiger partial charge in [0.1, 0.15) is 5.82 Å². The lowest BCUT2D eigenvalue weighted by Gasteiger charge is -2.35. The second-order valence-corrected chi connectivity index (χ2v) is 7.08. The quantitative estimate of drug-likeness (QED) is 0.799. The molecule has 0 aliphatic carbocycles. The summed E-state index contributed by atoms with van der Waals surface area (Å²) in [7, 11) is 0. The molecule has 0 spiro atoms. The minimum absolute atomic E-state index is 0.146. The Morgan fingerprint density at radius 2 is 1.86 bits per heavy atom. The lowest BCUT2D eigenvalue weighted by molar-refractivity contribution is -0.129. The molecule has 0 radical (unpaired) electrons. The fourth-order valence-electron chi connectivity index (χ4n) is 3.64. The monoisotopic (exact) mass is 381 g/mol. The van der Waals surface area contributed by atoms with E-state index in [0.717, 1.165) is 56.3 Å². The Balaban J connectivity index is 1.51. The third-order valence-electron chi connectivity index (χ3n) is 5.37. The molecule has 0 atom stereocenters. The molecule has 1 saturated heterocycles. The maximum Gasteiger partial charge on any atom is 0.241 e. The summed E-state index contributed by atoms with van der Waals surface area (Å²) >= 11 is 0. The normalized spacial score (nSPS) is 14.1. The van der Waals surface area contributed by atoms with E-state index in [0.29, 0.717) is 6.54 Å². The number of aryl methyl sites for hydroxylation is 1. The summed E-state index contributed by atoms with van der Waals surface area (Å²) in [4.78, 5) is 23.5. The van der Waals surface area contributed by atoms with Crippen LogP contribution in [0.3, 0.4) is 0 Å². The first-order valence-electron chi connectivity index (χ1n) is 10.2. The van der Waals surface area contributed by atoms with Gasteiger partial charge in [-0.25, -0.2) is 4.98 Å². The second-order valence-electron chi connectivity index (χ2n) is 7.08. The predicted octanol–water partition coefficient (Wildman–Crippen LogP) is 3.00. The number of benzene rings is 1. The van der Waals surface area contributed by atoms with Gasteiger partial charge in [0, 0.05) is 56.8 Å². The van der Waals surface area contributed by atoms with E-state index in [2.05, 4.69) is 59.1 Å². The van der Waals surface area contributed by atoms with E-state index in [1.54, 1.807) is 0 Å². The lowest BCUT2D eigenvalue weighted by Crippen LogP contribution is -2.50. The van der Waals surface area contributed by atoms with Crippen molar-refractivity contribution in [2.45, 2.75) is 20.8 Å². The molecule has 6 nitrogen and oxygen atoms in total. The maximum absolute atomic E-state index is 12.6. The summed E-state index contributed by atoms with van der Waals surface area (Å²) in [6.07, 6.45) is 1.81. The fraction of sp³-hybridized carbons (Fsp3) is 0.455. The summed E-state index contributed by atoms with van der Waals surface area (Å²) < 4.78 is 0. The highest BCUT2D eigenvalue weighted by atomic mass is 16.2. The van der Waals surface area contributed by atoms with Gasteiger partial charge in [-0.1, -0.05) is 6.07 Å². The third kappa shape index (κ3) is 4.74. The second kappa shape index (κ2) is 9.44. The van der Waals surface area contributed by atoms with Crippen LogP contribution >= 0.6 is 0 Å². The van der Waals surface area contributed by atoms with Crippen molar-refractivity contribution in [2.24, 2.45) is 0 Å². The molecule has 0 saturated carbocycles. The minimum atomic E-state index is 0.146. The van der Waals surface area contributed by atoms with Gasteiger partial charge in [0.05, 0.1) is 6.54 Å². The Hall–Kier alpha value is -2.76. The smallest absolute Gasteiger partial charge is 0.241 e. The van der Waals surface area contributed by atoms with Crippen molar-refractivity contribution < 1.29 is 4.79 Å². The van der Waals surface area contributed by atoms with Crippen molar-refractivity contribution in [3.8, 4) is 0 Å². The molecule has 2 aromatic rings. The van der Waals surface area contributed by atoms with Gasteiger partial charge in [-0.15, -0.1) is 0 Å². The van der Waals surface area contributed by atoms with E-state index < -0.39 is 0 Å². The van der Waals surface area contributed by atoms with E-state index in [1.165, 1.54) is 5.69 Å². The van der Waals surface area contributed by atoms with E-state index in [4.69, 9.17) is 0 Å². The summed E-state index contributed by atoms with van der Waals surface area (Å²) in [5, 5.41) is 3.32. The van der Waals surface area contributed by atoms with Crippen LogP contribution in [0.4, 0.5) is 17.2 Å². The Morgan fingerprint density at radius 3 is 2.46 bits per heavy atom. The molecule has 6 heteroatoms. The Morgan fingerprint density at radius 1 is 1.11 bits per heavy atom. The molecule has 1 fully saturated rings. The molecule has 1 aromatic carbocycles. The number of piperazine rings is 1. The molecular weight excluding hydrogens is 350 g/mol. The Labute approximate surface area is 168 Å². The average Bonchev–Trinajstić information content (AvgIpc) is 2.74. The van der Waals surface area contributed by atoms with Crippen molar-refractivity contribution in [2.75, 3.05) is 60.9 Å². The van der Waals surface area contributed by atoms with E-state index in [-0.39, 0.29) is 5.91 Å². The van der Waals surface area contributed by atoms with Crippen LogP contribution in [0.25, 0.3) is 0 Å². The van der Waals surface area contributed by atoms with Crippen LogP contribution in [-0.4, -0.2) is 61.6 Å². The van der Waals surface area contributed by atoms with Crippen molar-refractivity contribution >= 4 is 23.1 Å². The highest BCUT2D eigenvalue weighted by molar-refractivity contribution is 5.81. The molecule has 0 bridgehead atoms. The van der Waals surface area contributed by atoms with Gasteiger partial charge in [0.25, 0.3) is 0 Å². The number of carbonyl (C=O) groups is 1. The number of hydrogen-bond acceptors (Lipinski definition) is 5. The van der Waals surface area contributed by atoms with Crippen molar-refractivity contribution in [1.29, 1.82) is 0 Å². The number of rotatable bonds is 7. The number of hydrogen-bond donors (Lipinski definition) is 1. The molecular formula is C22H31N5O. The molecule has 1 N–H and O–H groups in total. The SMILES string of the molecule is CCN(CC)c1ccc(NCC(=O)N2CCN(c3ccccn3)CC2)c(C)c1. The van der Waals surface area contributed by atoms with Crippen LogP contribution in [-0.2, 0) is 4.79 Å². The largest absolute Gasteiger partial charge is 0.376 e. The summed E-state index contributed by atoms with van der Waals surface area (Å²) in [6.45, 7) is 11.8. The number of carbonyl (C=O) groups excluding carboxylic acids is 1. The van der Waals surface area contributed by atoms with Crippen LogP contribution < -0.4 is 15.1 Å². The standard InChI is InChI=1S/C22H31N5O/c1-4-25(5-2)19-9-10-20(18(3)16-19)24-17-22(28)27-14-12-26(13-15-27)21-8-6-7-11-23-21/h6-11,16,24H,4-5,12-15,17H2,1-3H3. The fourth-order valence-corrected chi connectivity index (χ4v) is 3.64. The zero-order valence-corrected chi connectivity index (χ0v) is 17.2. The highest BCUT2D eigenvalue weighted by Crippen LogP contribution is 2.22. The van der Waals surface area contributed by atoms with Gasteiger partial charge >= 0.3 is 0 Å². The third-order valence-corrected chi connectivity index (χ3v) is 5.37. The zero-order valence-electron chi connectivity index (χ0n) is 17.2. The number of aromatic nitrogens is 1.